The summed E-state index contributed by atoms with van der Waals surface area (Å²) in [5.74, 6) is 0.894. The van der Waals surface area contributed by atoms with Gasteiger partial charge in [0.25, 0.3) is 0 Å². The molecule has 158 valence electrons. The molecule has 2 aromatic rings. The highest BCUT2D eigenvalue weighted by molar-refractivity contribution is 5.76. The van der Waals surface area contributed by atoms with Gasteiger partial charge in [0, 0.05) is 39.4 Å². The van der Waals surface area contributed by atoms with Crippen molar-refractivity contribution in [2.45, 2.75) is 45.8 Å². The monoisotopic (exact) mass is 399 g/mol. The molecule has 1 saturated heterocycles. The van der Waals surface area contributed by atoms with E-state index in [0.717, 1.165) is 37.9 Å². The molecule has 0 aliphatic carbocycles. The lowest BCUT2D eigenvalue weighted by atomic mass is 9.90. The summed E-state index contributed by atoms with van der Waals surface area (Å²) in [4.78, 5) is 14.5. The number of aryl methyl sites for hydroxylation is 2. The van der Waals surface area contributed by atoms with Crippen molar-refractivity contribution in [2.75, 3.05) is 33.4 Å². The summed E-state index contributed by atoms with van der Waals surface area (Å²) in [6.07, 6.45) is 7.58. The molecule has 0 unspecified atom stereocenters. The van der Waals surface area contributed by atoms with E-state index in [0.29, 0.717) is 38.7 Å². The highest BCUT2D eigenvalue weighted by Crippen LogP contribution is 2.22. The van der Waals surface area contributed by atoms with Gasteiger partial charge in [0.05, 0.1) is 26.0 Å². The smallest absolute Gasteiger partial charge is 0.224 e. The molecule has 3 rings (SSSR count). The number of ether oxygens (including phenoxy) is 2. The van der Waals surface area contributed by atoms with Crippen LogP contribution >= 0.6 is 0 Å². The Morgan fingerprint density at radius 1 is 1.14 bits per heavy atom. The van der Waals surface area contributed by atoms with Crippen LogP contribution in [0, 0.1) is 12.8 Å². The lowest BCUT2D eigenvalue weighted by molar-refractivity contribution is -0.132. The van der Waals surface area contributed by atoms with E-state index in [1.807, 2.05) is 28.9 Å². The third-order valence-corrected chi connectivity index (χ3v) is 5.53. The Morgan fingerprint density at radius 3 is 2.52 bits per heavy atom. The van der Waals surface area contributed by atoms with Crippen molar-refractivity contribution in [2.24, 2.45) is 5.92 Å². The molecule has 0 spiro atoms. The minimum absolute atomic E-state index is 0.245. The molecule has 0 saturated carbocycles. The van der Waals surface area contributed by atoms with Crippen LogP contribution in [0.3, 0.4) is 0 Å². The Morgan fingerprint density at radius 2 is 1.86 bits per heavy atom. The summed E-state index contributed by atoms with van der Waals surface area (Å²) in [7, 11) is 1.68. The molecular weight excluding hydrogens is 366 g/mol. The van der Waals surface area contributed by atoms with Crippen molar-refractivity contribution in [1.82, 2.24) is 14.7 Å². The van der Waals surface area contributed by atoms with Gasteiger partial charge in [-0.3, -0.25) is 9.48 Å². The second kappa shape index (κ2) is 11.1. The minimum Gasteiger partial charge on any atom is -0.382 e. The zero-order valence-electron chi connectivity index (χ0n) is 17.7. The summed E-state index contributed by atoms with van der Waals surface area (Å²) in [6, 6.07) is 8.72. The van der Waals surface area contributed by atoms with Gasteiger partial charge in [-0.25, -0.2) is 0 Å². The molecule has 0 radical (unpaired) electrons. The topological polar surface area (TPSA) is 56.6 Å². The maximum atomic E-state index is 12.5. The summed E-state index contributed by atoms with van der Waals surface area (Å²) in [6.45, 7) is 6.29. The van der Waals surface area contributed by atoms with Crippen LogP contribution in [0.15, 0.2) is 36.7 Å². The molecule has 1 amide bonds. The first-order chi connectivity index (χ1) is 14.1. The van der Waals surface area contributed by atoms with Crippen molar-refractivity contribution in [3.8, 4) is 0 Å². The van der Waals surface area contributed by atoms with Gasteiger partial charge in [-0.2, -0.15) is 5.10 Å². The molecule has 6 nitrogen and oxygen atoms in total. The van der Waals surface area contributed by atoms with E-state index in [2.05, 4.69) is 29.4 Å². The Kier molecular flexibility index (Phi) is 8.25. The second-order valence-electron chi connectivity index (χ2n) is 7.92. The quantitative estimate of drug-likeness (QED) is 0.576. The van der Waals surface area contributed by atoms with Gasteiger partial charge in [-0.05, 0) is 48.8 Å². The normalized spacial score (nSPS) is 15.0. The van der Waals surface area contributed by atoms with Crippen LogP contribution in [0.2, 0.25) is 0 Å². The zero-order valence-corrected chi connectivity index (χ0v) is 17.7. The van der Waals surface area contributed by atoms with Crippen LogP contribution < -0.4 is 0 Å². The largest absolute Gasteiger partial charge is 0.382 e. The summed E-state index contributed by atoms with van der Waals surface area (Å²) in [5.41, 5.74) is 3.69. The number of nitrogens with zero attached hydrogens (tertiary/aromatic N) is 3. The number of carbonyl (C=O) groups excluding carboxylic acids is 1. The van der Waals surface area contributed by atoms with Gasteiger partial charge in [-0.15, -0.1) is 0 Å². The number of benzene rings is 1. The Labute approximate surface area is 173 Å². The first-order valence-corrected chi connectivity index (χ1v) is 10.6. The molecule has 1 aromatic heterocycles. The Balaban J connectivity index is 1.36. The standard InChI is InChI=1S/C23H33N3O3/c1-19-16-24-26(17-19)12-9-23(27)25-10-7-21(8-11-25)15-20-3-5-22(6-4-20)18-29-14-13-28-2/h3-6,16-17,21H,7-15,18H2,1-2H3. The molecular formula is C23H33N3O3. The van der Waals surface area contributed by atoms with Crippen molar-refractivity contribution in [3.05, 3.63) is 53.3 Å². The van der Waals surface area contributed by atoms with Crippen LogP contribution in [0.1, 0.15) is 36.0 Å². The number of hydrogen-bond donors (Lipinski definition) is 0. The van der Waals surface area contributed by atoms with Crippen molar-refractivity contribution in [1.29, 1.82) is 0 Å². The van der Waals surface area contributed by atoms with E-state index in [1.54, 1.807) is 7.11 Å². The van der Waals surface area contributed by atoms with Gasteiger partial charge in [0.15, 0.2) is 0 Å². The predicted molar refractivity (Wildman–Crippen MR) is 113 cm³/mol. The number of carbonyl (C=O) groups is 1. The molecule has 1 fully saturated rings. The van der Waals surface area contributed by atoms with E-state index in [4.69, 9.17) is 9.47 Å². The first kappa shape index (κ1) is 21.5. The van der Waals surface area contributed by atoms with Crippen LogP contribution in [-0.4, -0.2) is 54.0 Å². The average Bonchev–Trinajstić information content (AvgIpc) is 3.16. The molecule has 6 heteroatoms. The zero-order chi connectivity index (χ0) is 20.5. The third-order valence-electron chi connectivity index (χ3n) is 5.53. The van der Waals surface area contributed by atoms with Gasteiger partial charge < -0.3 is 14.4 Å². The van der Waals surface area contributed by atoms with Crippen molar-refractivity contribution in [3.63, 3.8) is 0 Å². The van der Waals surface area contributed by atoms with E-state index < -0.39 is 0 Å². The van der Waals surface area contributed by atoms with E-state index >= 15 is 0 Å². The third kappa shape index (κ3) is 6.98. The van der Waals surface area contributed by atoms with E-state index in [9.17, 15) is 4.79 Å². The highest BCUT2D eigenvalue weighted by Gasteiger charge is 2.22. The molecule has 0 atom stereocenters. The molecule has 1 aliphatic rings. The van der Waals surface area contributed by atoms with Crippen molar-refractivity contribution >= 4 is 5.91 Å². The van der Waals surface area contributed by atoms with E-state index in [1.165, 1.54) is 11.1 Å². The molecule has 0 N–H and O–H groups in total. The molecule has 1 aromatic carbocycles. The van der Waals surface area contributed by atoms with Gasteiger partial charge in [0.1, 0.15) is 0 Å². The number of amides is 1. The fourth-order valence-electron chi connectivity index (χ4n) is 3.78. The first-order valence-electron chi connectivity index (χ1n) is 10.6. The number of rotatable bonds is 10. The van der Waals surface area contributed by atoms with Crippen LogP contribution in [0.25, 0.3) is 0 Å². The Bertz CT molecular complexity index is 749. The van der Waals surface area contributed by atoms with Crippen LogP contribution in [-0.2, 0) is 33.8 Å². The molecule has 0 bridgehead atoms. The predicted octanol–water partition coefficient (Wildman–Crippen LogP) is 3.23. The lowest BCUT2D eigenvalue weighted by Gasteiger charge is -2.32. The van der Waals surface area contributed by atoms with Gasteiger partial charge in [0.2, 0.25) is 5.91 Å². The number of aromatic nitrogens is 2. The number of hydrogen-bond acceptors (Lipinski definition) is 4. The molecule has 29 heavy (non-hydrogen) atoms. The van der Waals surface area contributed by atoms with Gasteiger partial charge in [-0.1, -0.05) is 24.3 Å². The highest BCUT2D eigenvalue weighted by atomic mass is 16.5. The Hall–Kier alpha value is -2.18. The van der Waals surface area contributed by atoms with Gasteiger partial charge >= 0.3 is 0 Å². The van der Waals surface area contributed by atoms with Crippen LogP contribution in [0.4, 0.5) is 0 Å². The molecule has 1 aliphatic heterocycles. The van der Waals surface area contributed by atoms with E-state index in [-0.39, 0.29) is 5.91 Å². The van der Waals surface area contributed by atoms with Crippen molar-refractivity contribution < 1.29 is 14.3 Å². The lowest BCUT2D eigenvalue weighted by Crippen LogP contribution is -2.39. The fraction of sp³-hybridized carbons (Fsp3) is 0.565. The molecule has 2 heterocycles. The second-order valence-corrected chi connectivity index (χ2v) is 7.92. The summed E-state index contributed by atoms with van der Waals surface area (Å²) < 4.78 is 12.4. The number of piperidine rings is 1. The minimum atomic E-state index is 0.245. The SMILES string of the molecule is COCCOCc1ccc(CC2CCN(C(=O)CCn3cc(C)cn3)CC2)cc1. The summed E-state index contributed by atoms with van der Waals surface area (Å²) >= 11 is 0. The maximum Gasteiger partial charge on any atom is 0.224 e. The average molecular weight is 400 g/mol. The fourth-order valence-corrected chi connectivity index (χ4v) is 3.78. The number of methoxy groups -OCH3 is 1. The maximum absolute atomic E-state index is 12.5. The summed E-state index contributed by atoms with van der Waals surface area (Å²) in [5, 5.41) is 4.26. The van der Waals surface area contributed by atoms with Crippen LogP contribution in [0.5, 0.6) is 0 Å². The number of likely N-dealkylation sites (tertiary alicyclic amines) is 1.